The number of rotatable bonds is 0. The first-order valence-corrected chi connectivity index (χ1v) is 4.85. The van der Waals surface area contributed by atoms with Crippen molar-refractivity contribution in [2.45, 2.75) is 13.3 Å². The van der Waals surface area contributed by atoms with Gasteiger partial charge in [0.25, 0.3) is 0 Å². The summed E-state index contributed by atoms with van der Waals surface area (Å²) in [6, 6.07) is 4.17. The van der Waals surface area contributed by atoms with Crippen LogP contribution in [0.4, 0.5) is 0 Å². The molecular formula is C11H12ClNO2. The van der Waals surface area contributed by atoms with E-state index >= 15 is 0 Å². The van der Waals surface area contributed by atoms with E-state index in [-0.39, 0.29) is 12.4 Å². The van der Waals surface area contributed by atoms with Crippen molar-refractivity contribution in [2.24, 2.45) is 0 Å². The Balaban J connectivity index is 0.000000853. The van der Waals surface area contributed by atoms with Crippen molar-refractivity contribution in [3.05, 3.63) is 23.3 Å². The van der Waals surface area contributed by atoms with Gasteiger partial charge in [0.2, 0.25) is 6.79 Å². The van der Waals surface area contributed by atoms with Crippen molar-refractivity contribution in [1.82, 2.24) is 0 Å². The molecule has 1 aromatic rings. The van der Waals surface area contributed by atoms with E-state index in [1.54, 1.807) is 0 Å². The molecule has 0 unspecified atom stereocenters. The van der Waals surface area contributed by atoms with Crippen molar-refractivity contribution >= 4 is 5.71 Å². The summed E-state index contributed by atoms with van der Waals surface area (Å²) in [5.41, 5.74) is 3.84. The average molecular weight is 226 g/mol. The molecule has 2 aliphatic rings. The molecule has 3 nitrogen and oxygen atoms in total. The van der Waals surface area contributed by atoms with Crippen LogP contribution in [0, 0.1) is 0 Å². The Morgan fingerprint density at radius 3 is 2.73 bits per heavy atom. The van der Waals surface area contributed by atoms with E-state index in [2.05, 4.69) is 24.0 Å². The van der Waals surface area contributed by atoms with Gasteiger partial charge in [-0.25, -0.2) is 4.99 Å². The number of fused-ring (bicyclic) bond motifs is 2. The number of hydrogen-bond donors (Lipinski definition) is 1. The molecular weight excluding hydrogens is 214 g/mol. The van der Waals surface area contributed by atoms with Crippen LogP contribution in [0.5, 0.6) is 11.5 Å². The molecule has 15 heavy (non-hydrogen) atoms. The van der Waals surface area contributed by atoms with E-state index in [9.17, 15) is 0 Å². The third-order valence-electron chi connectivity index (χ3n) is 2.79. The minimum atomic E-state index is 0. The number of benzene rings is 1. The highest BCUT2D eigenvalue weighted by atomic mass is 35.5. The zero-order valence-electron chi connectivity index (χ0n) is 8.47. The van der Waals surface area contributed by atoms with E-state index in [1.165, 1.54) is 16.8 Å². The highest BCUT2D eigenvalue weighted by molar-refractivity contribution is 5.97. The maximum Gasteiger partial charge on any atom is 0.231 e. The largest absolute Gasteiger partial charge is 1.00 e. The van der Waals surface area contributed by atoms with E-state index in [4.69, 9.17) is 9.47 Å². The summed E-state index contributed by atoms with van der Waals surface area (Å²) in [6.45, 7) is 3.46. The molecule has 0 atom stereocenters. The van der Waals surface area contributed by atoms with Gasteiger partial charge in [0.1, 0.15) is 6.54 Å². The zero-order valence-corrected chi connectivity index (χ0v) is 9.23. The predicted octanol–water partition coefficient (Wildman–Crippen LogP) is -3.13. The average Bonchev–Trinajstić information content (AvgIpc) is 2.62. The lowest BCUT2D eigenvalue weighted by Crippen LogP contribution is -3.00. The van der Waals surface area contributed by atoms with Gasteiger partial charge in [0.15, 0.2) is 17.2 Å². The van der Waals surface area contributed by atoms with Gasteiger partial charge in [-0.3, -0.25) is 0 Å². The second-order valence-corrected chi connectivity index (χ2v) is 3.66. The van der Waals surface area contributed by atoms with Crippen LogP contribution < -0.4 is 26.9 Å². The maximum atomic E-state index is 5.35. The van der Waals surface area contributed by atoms with Gasteiger partial charge in [-0.15, -0.1) is 0 Å². The Bertz CT molecular complexity index is 429. The summed E-state index contributed by atoms with van der Waals surface area (Å²) in [5.74, 6) is 1.75. The third-order valence-corrected chi connectivity index (χ3v) is 2.79. The minimum Gasteiger partial charge on any atom is -1.00 e. The Labute approximate surface area is 94.5 Å². The second kappa shape index (κ2) is 3.74. The molecule has 4 heteroatoms. The van der Waals surface area contributed by atoms with Gasteiger partial charge >= 0.3 is 0 Å². The van der Waals surface area contributed by atoms with Crippen molar-refractivity contribution < 1.29 is 26.9 Å². The van der Waals surface area contributed by atoms with E-state index in [0.29, 0.717) is 6.79 Å². The summed E-state index contributed by atoms with van der Waals surface area (Å²) in [7, 11) is 0. The van der Waals surface area contributed by atoms with Gasteiger partial charge in [-0.2, -0.15) is 0 Å². The van der Waals surface area contributed by atoms with Crippen molar-refractivity contribution in [3.8, 4) is 11.5 Å². The van der Waals surface area contributed by atoms with Crippen LogP contribution >= 0.6 is 0 Å². The molecule has 0 bridgehead atoms. The maximum absolute atomic E-state index is 5.35. The summed E-state index contributed by atoms with van der Waals surface area (Å²) < 4.78 is 10.7. The SMILES string of the molecule is CC1=[NH+]CCc2cc3c(cc21)OCO3.[Cl-]. The summed E-state index contributed by atoms with van der Waals surface area (Å²) >= 11 is 0. The molecule has 0 aliphatic carbocycles. The molecule has 0 radical (unpaired) electrons. The Hall–Kier alpha value is -1.22. The molecule has 3 rings (SSSR count). The quantitative estimate of drug-likeness (QED) is 0.507. The van der Waals surface area contributed by atoms with Crippen LogP contribution in [-0.2, 0) is 6.42 Å². The molecule has 80 valence electrons. The molecule has 0 spiro atoms. The lowest BCUT2D eigenvalue weighted by molar-refractivity contribution is -0.458. The lowest BCUT2D eigenvalue weighted by atomic mass is 9.98. The van der Waals surface area contributed by atoms with Gasteiger partial charge in [-0.1, -0.05) is 0 Å². The van der Waals surface area contributed by atoms with Gasteiger partial charge in [-0.05, 0) is 17.7 Å². The summed E-state index contributed by atoms with van der Waals surface area (Å²) in [5, 5.41) is 0. The fourth-order valence-electron chi connectivity index (χ4n) is 2.02. The molecule has 0 amide bonds. The van der Waals surface area contributed by atoms with Crippen molar-refractivity contribution in [1.29, 1.82) is 0 Å². The van der Waals surface area contributed by atoms with Crippen LogP contribution in [0.2, 0.25) is 0 Å². The van der Waals surface area contributed by atoms with Crippen molar-refractivity contribution in [3.63, 3.8) is 0 Å². The first kappa shape index (κ1) is 10.3. The fourth-order valence-corrected chi connectivity index (χ4v) is 2.02. The molecule has 1 aromatic carbocycles. The number of nitrogens with one attached hydrogen (secondary N) is 1. The highest BCUT2D eigenvalue weighted by Crippen LogP contribution is 2.35. The monoisotopic (exact) mass is 225 g/mol. The fraction of sp³-hybridized carbons (Fsp3) is 0.364. The van der Waals surface area contributed by atoms with Gasteiger partial charge in [0.05, 0.1) is 0 Å². The first-order valence-electron chi connectivity index (χ1n) is 4.85. The summed E-state index contributed by atoms with van der Waals surface area (Å²) in [6.07, 6.45) is 1.06. The minimum absolute atomic E-state index is 0. The van der Waals surface area contributed by atoms with Crippen LogP contribution in [0.25, 0.3) is 0 Å². The molecule has 2 aliphatic heterocycles. The Kier molecular flexibility index (Phi) is 2.57. The van der Waals surface area contributed by atoms with Crippen LogP contribution in [0.15, 0.2) is 12.1 Å². The Morgan fingerprint density at radius 2 is 1.93 bits per heavy atom. The zero-order chi connectivity index (χ0) is 9.54. The number of hydrogen-bond acceptors (Lipinski definition) is 2. The van der Waals surface area contributed by atoms with Gasteiger partial charge < -0.3 is 21.9 Å². The third kappa shape index (κ3) is 1.57. The van der Waals surface area contributed by atoms with Crippen LogP contribution in [0.1, 0.15) is 18.1 Å². The molecule has 0 saturated heterocycles. The molecule has 2 heterocycles. The standard InChI is InChI=1S/C11H11NO2.ClH/c1-7-9-5-11-10(13-6-14-11)4-8(9)2-3-12-7;/h4-5H,2-3,6H2,1H3;1H. The number of ether oxygens (including phenoxy) is 2. The van der Waals surface area contributed by atoms with Gasteiger partial charge in [0, 0.05) is 18.9 Å². The topological polar surface area (TPSA) is 32.4 Å². The summed E-state index contributed by atoms with van der Waals surface area (Å²) in [4.78, 5) is 3.35. The van der Waals surface area contributed by atoms with Crippen LogP contribution in [0.3, 0.4) is 0 Å². The predicted molar refractivity (Wildman–Crippen MR) is 51.9 cm³/mol. The molecule has 1 N–H and O–H groups in total. The van der Waals surface area contributed by atoms with E-state index in [1.807, 2.05) is 0 Å². The van der Waals surface area contributed by atoms with E-state index < -0.39 is 0 Å². The lowest BCUT2D eigenvalue weighted by Gasteiger charge is -2.10. The van der Waals surface area contributed by atoms with Crippen molar-refractivity contribution in [2.75, 3.05) is 13.3 Å². The number of halogens is 1. The van der Waals surface area contributed by atoms with E-state index in [0.717, 1.165) is 24.5 Å². The first-order chi connectivity index (χ1) is 6.84. The molecule has 0 saturated carbocycles. The normalized spacial score (nSPS) is 16.5. The highest BCUT2D eigenvalue weighted by Gasteiger charge is 2.22. The second-order valence-electron chi connectivity index (χ2n) is 3.66. The Morgan fingerprint density at radius 1 is 1.20 bits per heavy atom. The molecule has 0 fully saturated rings. The smallest absolute Gasteiger partial charge is 0.231 e. The molecule has 0 aromatic heterocycles. The van der Waals surface area contributed by atoms with Crippen LogP contribution in [-0.4, -0.2) is 19.0 Å².